The molecule has 2 bridgehead atoms. The molecule has 2 heterocycles. The zero-order valence-corrected chi connectivity index (χ0v) is 15.4. The highest BCUT2D eigenvalue weighted by Crippen LogP contribution is 2.45. The average Bonchev–Trinajstić information content (AvgIpc) is 2.85. The van der Waals surface area contributed by atoms with Crippen molar-refractivity contribution in [2.75, 3.05) is 5.32 Å². The Hall–Kier alpha value is -1.52. The van der Waals surface area contributed by atoms with Crippen LogP contribution in [0.3, 0.4) is 0 Å². The minimum Gasteiger partial charge on any atom is -0.314 e. The third-order valence-corrected chi connectivity index (χ3v) is 6.07. The molecule has 1 aliphatic carbocycles. The zero-order chi connectivity index (χ0) is 17.8. The van der Waals surface area contributed by atoms with Crippen LogP contribution in [0.4, 0.5) is 14.9 Å². The maximum absolute atomic E-state index is 14.3. The van der Waals surface area contributed by atoms with Gasteiger partial charge in [0.1, 0.15) is 5.67 Å². The number of alkyl halides is 1. The van der Waals surface area contributed by atoms with Crippen LogP contribution in [0.2, 0.25) is 10.0 Å². The van der Waals surface area contributed by atoms with E-state index in [1.165, 1.54) is 5.57 Å². The van der Waals surface area contributed by atoms with E-state index in [1.54, 1.807) is 31.2 Å². The maximum atomic E-state index is 14.3. The van der Waals surface area contributed by atoms with Crippen LogP contribution in [-0.4, -0.2) is 28.7 Å². The molecule has 1 saturated heterocycles. The molecule has 132 valence electrons. The Morgan fingerprint density at radius 3 is 2.88 bits per heavy atom. The maximum Gasteiger partial charge on any atom is 0.322 e. The summed E-state index contributed by atoms with van der Waals surface area (Å²) in [6, 6.07) is 5.07. The van der Waals surface area contributed by atoms with E-state index in [0.717, 1.165) is 24.8 Å². The summed E-state index contributed by atoms with van der Waals surface area (Å²) in [4.78, 5) is 14.8. The third kappa shape index (κ3) is 3.06. The van der Waals surface area contributed by atoms with Gasteiger partial charge in [-0.25, -0.2) is 9.18 Å². The number of allylic oxidation sites excluding steroid dienone is 1. The monoisotopic (exact) mass is 380 g/mol. The largest absolute Gasteiger partial charge is 0.322 e. The molecule has 2 aliphatic heterocycles. The fourth-order valence-corrected chi connectivity index (χ4v) is 4.54. The summed E-state index contributed by atoms with van der Waals surface area (Å²) < 4.78 is 14.3. The van der Waals surface area contributed by atoms with Crippen LogP contribution in [-0.2, 0) is 0 Å². The summed E-state index contributed by atoms with van der Waals surface area (Å²) in [5, 5.41) is 3.77. The van der Waals surface area contributed by atoms with Crippen molar-refractivity contribution >= 4 is 34.9 Å². The molecule has 1 fully saturated rings. The molecule has 0 saturated carbocycles. The number of anilines is 1. The summed E-state index contributed by atoms with van der Waals surface area (Å²) in [5.74, 6) is 0. The Kier molecular flexibility index (Phi) is 4.08. The topological polar surface area (TPSA) is 32.3 Å². The van der Waals surface area contributed by atoms with Gasteiger partial charge in [-0.1, -0.05) is 34.9 Å². The van der Waals surface area contributed by atoms with E-state index in [0.29, 0.717) is 22.2 Å². The zero-order valence-electron chi connectivity index (χ0n) is 13.9. The predicted molar refractivity (Wildman–Crippen MR) is 99.0 cm³/mol. The molecule has 1 N–H and O–H groups in total. The van der Waals surface area contributed by atoms with Crippen molar-refractivity contribution in [3.63, 3.8) is 0 Å². The minimum absolute atomic E-state index is 0.0314. The lowest BCUT2D eigenvalue weighted by Crippen LogP contribution is -2.48. The predicted octanol–water partition coefficient (Wildman–Crippen LogP) is 5.75. The summed E-state index contributed by atoms with van der Waals surface area (Å²) in [6.07, 6.45) is 6.57. The first kappa shape index (κ1) is 16.9. The molecule has 0 aromatic heterocycles. The van der Waals surface area contributed by atoms with Crippen LogP contribution >= 0.6 is 23.2 Å². The van der Waals surface area contributed by atoms with Crippen molar-refractivity contribution in [2.45, 2.75) is 50.4 Å². The minimum atomic E-state index is -1.28. The van der Waals surface area contributed by atoms with Crippen molar-refractivity contribution in [1.29, 1.82) is 0 Å². The van der Waals surface area contributed by atoms with Crippen LogP contribution in [0.15, 0.2) is 41.5 Å². The molecule has 1 aromatic rings. The van der Waals surface area contributed by atoms with E-state index in [9.17, 15) is 9.18 Å². The van der Waals surface area contributed by atoms with Crippen molar-refractivity contribution < 1.29 is 9.18 Å². The van der Waals surface area contributed by atoms with Crippen molar-refractivity contribution in [1.82, 2.24) is 4.90 Å². The lowest BCUT2D eigenvalue weighted by molar-refractivity contribution is 0.182. The second kappa shape index (κ2) is 6.03. The van der Waals surface area contributed by atoms with E-state index in [1.807, 2.05) is 11.0 Å². The molecule has 0 radical (unpaired) electrons. The number of benzene rings is 1. The number of rotatable bonds is 1. The van der Waals surface area contributed by atoms with Gasteiger partial charge in [0.25, 0.3) is 0 Å². The van der Waals surface area contributed by atoms with Gasteiger partial charge in [-0.3, -0.25) is 0 Å². The van der Waals surface area contributed by atoms with Gasteiger partial charge in [-0.15, -0.1) is 0 Å². The van der Waals surface area contributed by atoms with Gasteiger partial charge in [0.2, 0.25) is 0 Å². The standard InChI is InChI=1S/C19H19Cl2FN2O/c1-19(22)7-6-14-11(10-19)8-13-3-5-17(14)24(13)18(25)23-12-2-4-15(20)16(21)9-12/h2,4,6-7,9,13,17H,3,5,8,10H2,1H3,(H,23,25). The number of urea groups is 1. The molecule has 25 heavy (non-hydrogen) atoms. The SMILES string of the molecule is CC1(F)C=CC2=C(CC3CCC2N3C(=O)Nc2ccc(Cl)c(Cl)c2)C1. The molecule has 3 atom stereocenters. The summed E-state index contributed by atoms with van der Waals surface area (Å²) >= 11 is 11.9. The average molecular weight is 381 g/mol. The van der Waals surface area contributed by atoms with E-state index < -0.39 is 5.67 Å². The molecular formula is C19H19Cl2FN2O. The Morgan fingerprint density at radius 2 is 2.12 bits per heavy atom. The number of carbonyl (C=O) groups is 1. The number of hydrogen-bond acceptors (Lipinski definition) is 1. The molecule has 2 amide bonds. The highest BCUT2D eigenvalue weighted by molar-refractivity contribution is 6.42. The molecule has 1 aromatic carbocycles. The van der Waals surface area contributed by atoms with Crippen LogP contribution in [0.1, 0.15) is 32.6 Å². The van der Waals surface area contributed by atoms with Gasteiger partial charge >= 0.3 is 6.03 Å². The summed E-state index contributed by atoms with van der Waals surface area (Å²) in [5.41, 5.74) is 1.63. The van der Waals surface area contributed by atoms with Crippen LogP contribution in [0.25, 0.3) is 0 Å². The number of nitrogens with one attached hydrogen (secondary N) is 1. The number of hydrogen-bond donors (Lipinski definition) is 1. The normalized spacial score (nSPS) is 30.5. The summed E-state index contributed by atoms with van der Waals surface area (Å²) in [7, 11) is 0. The fourth-order valence-electron chi connectivity index (χ4n) is 4.24. The third-order valence-electron chi connectivity index (χ3n) is 5.33. The molecule has 0 spiro atoms. The first-order valence-corrected chi connectivity index (χ1v) is 9.24. The Morgan fingerprint density at radius 1 is 1.32 bits per heavy atom. The van der Waals surface area contributed by atoms with E-state index in [4.69, 9.17) is 23.2 Å². The smallest absolute Gasteiger partial charge is 0.314 e. The first-order chi connectivity index (χ1) is 11.8. The Balaban J connectivity index is 1.56. The van der Waals surface area contributed by atoms with Crippen molar-refractivity contribution in [3.8, 4) is 0 Å². The number of nitrogens with zero attached hydrogens (tertiary/aromatic N) is 1. The van der Waals surface area contributed by atoms with Gasteiger partial charge in [-0.05, 0) is 56.0 Å². The van der Waals surface area contributed by atoms with Gasteiger partial charge in [0.15, 0.2) is 0 Å². The lowest BCUT2D eigenvalue weighted by atomic mass is 9.82. The van der Waals surface area contributed by atoms with Gasteiger partial charge < -0.3 is 10.2 Å². The Labute approximate surface area is 156 Å². The number of carbonyl (C=O) groups excluding carboxylic acids is 1. The lowest BCUT2D eigenvalue weighted by Gasteiger charge is -2.40. The van der Waals surface area contributed by atoms with E-state index >= 15 is 0 Å². The van der Waals surface area contributed by atoms with Crippen LogP contribution in [0, 0.1) is 0 Å². The number of amides is 2. The van der Waals surface area contributed by atoms with Gasteiger partial charge in [-0.2, -0.15) is 0 Å². The Bertz CT molecular complexity index is 803. The highest BCUT2D eigenvalue weighted by Gasteiger charge is 2.45. The van der Waals surface area contributed by atoms with Crippen molar-refractivity contribution in [3.05, 3.63) is 51.5 Å². The second-order valence-electron chi connectivity index (χ2n) is 7.26. The molecule has 3 unspecified atom stereocenters. The number of halogens is 3. The molecular weight excluding hydrogens is 362 g/mol. The second-order valence-corrected chi connectivity index (χ2v) is 8.08. The summed E-state index contributed by atoms with van der Waals surface area (Å²) in [6.45, 7) is 1.61. The number of fused-ring (bicyclic) bond motifs is 3. The quantitative estimate of drug-likeness (QED) is 0.660. The van der Waals surface area contributed by atoms with Gasteiger partial charge in [0, 0.05) is 18.2 Å². The molecule has 3 aliphatic rings. The first-order valence-electron chi connectivity index (χ1n) is 8.48. The van der Waals surface area contributed by atoms with Crippen LogP contribution in [0.5, 0.6) is 0 Å². The van der Waals surface area contributed by atoms with Gasteiger partial charge in [0.05, 0.1) is 16.1 Å². The van der Waals surface area contributed by atoms with Crippen molar-refractivity contribution in [2.24, 2.45) is 0 Å². The van der Waals surface area contributed by atoms with E-state index in [-0.39, 0.29) is 18.1 Å². The fraction of sp³-hybridized carbons (Fsp3) is 0.421. The molecule has 3 nitrogen and oxygen atoms in total. The molecule has 4 rings (SSSR count). The highest BCUT2D eigenvalue weighted by atomic mass is 35.5. The van der Waals surface area contributed by atoms with Crippen LogP contribution < -0.4 is 5.32 Å². The van der Waals surface area contributed by atoms with E-state index in [2.05, 4.69) is 5.32 Å². The molecule has 6 heteroatoms.